The van der Waals surface area contributed by atoms with Crippen molar-refractivity contribution in [2.75, 3.05) is 13.7 Å². The van der Waals surface area contributed by atoms with Gasteiger partial charge in [0.1, 0.15) is 0 Å². The number of rotatable bonds is 2. The van der Waals surface area contributed by atoms with Crippen molar-refractivity contribution in [1.29, 1.82) is 0 Å². The van der Waals surface area contributed by atoms with Gasteiger partial charge in [-0.2, -0.15) is 0 Å². The summed E-state index contributed by atoms with van der Waals surface area (Å²) in [7, 11) is 1.55. The zero-order chi connectivity index (χ0) is 17.4. The van der Waals surface area contributed by atoms with Gasteiger partial charge >= 0.3 is 0 Å². The Morgan fingerprint density at radius 1 is 1.24 bits per heavy atom. The number of methoxy groups -OCH3 is 1. The Morgan fingerprint density at radius 2 is 2.12 bits per heavy atom. The Labute approximate surface area is 153 Å². The van der Waals surface area contributed by atoms with Crippen molar-refractivity contribution in [1.82, 2.24) is 19.9 Å². The fourth-order valence-electron chi connectivity index (χ4n) is 2.98. The van der Waals surface area contributed by atoms with Crippen LogP contribution in [0.4, 0.5) is 0 Å². The molecule has 0 saturated carbocycles. The standard InChI is InChI=1S/C18H15BrN4O2/c1-25-16-3-2-11(8-20-16)18(24)23-5-4-15-13(10-23)6-12-7-14(19)9-21-17(12)22-15/h2-3,6-9H,4-5,10H2,1H3. The summed E-state index contributed by atoms with van der Waals surface area (Å²) < 4.78 is 5.95. The maximum absolute atomic E-state index is 12.7. The Hall–Kier alpha value is -2.54. The van der Waals surface area contributed by atoms with Crippen molar-refractivity contribution in [2.45, 2.75) is 13.0 Å². The van der Waals surface area contributed by atoms with E-state index in [-0.39, 0.29) is 5.91 Å². The van der Waals surface area contributed by atoms with Gasteiger partial charge < -0.3 is 9.64 Å². The number of carbonyl (C=O) groups excluding carboxylic acids is 1. The summed E-state index contributed by atoms with van der Waals surface area (Å²) >= 11 is 3.43. The normalized spacial score (nSPS) is 13.6. The molecule has 3 aromatic heterocycles. The molecule has 6 nitrogen and oxygen atoms in total. The highest BCUT2D eigenvalue weighted by Crippen LogP contribution is 2.24. The molecule has 4 rings (SSSR count). The summed E-state index contributed by atoms with van der Waals surface area (Å²) in [5, 5.41) is 0.966. The Bertz CT molecular complexity index is 959. The smallest absolute Gasteiger partial charge is 0.255 e. The SMILES string of the molecule is COc1ccc(C(=O)N2CCc3nc4ncc(Br)cc4cc3C2)cn1. The summed E-state index contributed by atoms with van der Waals surface area (Å²) in [6.45, 7) is 1.17. The molecule has 0 fully saturated rings. The van der Waals surface area contributed by atoms with E-state index in [4.69, 9.17) is 4.74 Å². The van der Waals surface area contributed by atoms with Gasteiger partial charge in [0.2, 0.25) is 5.88 Å². The molecule has 0 aliphatic carbocycles. The molecule has 0 bridgehead atoms. The number of nitrogens with zero attached hydrogens (tertiary/aromatic N) is 4. The van der Waals surface area contributed by atoms with Crippen LogP contribution in [0.25, 0.3) is 11.0 Å². The largest absolute Gasteiger partial charge is 0.481 e. The van der Waals surface area contributed by atoms with E-state index < -0.39 is 0 Å². The first-order valence-corrected chi connectivity index (χ1v) is 8.67. The molecule has 1 aliphatic heterocycles. The monoisotopic (exact) mass is 398 g/mol. The van der Waals surface area contributed by atoms with Crippen molar-refractivity contribution >= 4 is 32.9 Å². The molecule has 0 aromatic carbocycles. The molecule has 0 N–H and O–H groups in total. The molecular weight excluding hydrogens is 384 g/mol. The summed E-state index contributed by atoms with van der Waals surface area (Å²) in [5.41, 5.74) is 3.37. The highest BCUT2D eigenvalue weighted by molar-refractivity contribution is 9.10. The number of amides is 1. The van der Waals surface area contributed by atoms with Crippen LogP contribution in [0.3, 0.4) is 0 Å². The summed E-state index contributed by atoms with van der Waals surface area (Å²) in [6, 6.07) is 7.50. The van der Waals surface area contributed by atoms with Gasteiger partial charge in [-0.05, 0) is 39.7 Å². The molecular formula is C18H15BrN4O2. The van der Waals surface area contributed by atoms with Gasteiger partial charge in [-0.3, -0.25) is 4.79 Å². The first kappa shape index (κ1) is 16.0. The minimum atomic E-state index is -0.0340. The number of aromatic nitrogens is 3. The molecule has 0 saturated heterocycles. The number of halogens is 1. The predicted octanol–water partition coefficient (Wildman–Crippen LogP) is 2.99. The lowest BCUT2D eigenvalue weighted by Crippen LogP contribution is -2.36. The average Bonchev–Trinajstić information content (AvgIpc) is 2.65. The van der Waals surface area contributed by atoms with Gasteiger partial charge in [-0.25, -0.2) is 15.0 Å². The van der Waals surface area contributed by atoms with E-state index in [1.54, 1.807) is 31.6 Å². The van der Waals surface area contributed by atoms with Crippen LogP contribution < -0.4 is 4.74 Å². The second kappa shape index (κ2) is 6.40. The topological polar surface area (TPSA) is 68.2 Å². The average molecular weight is 399 g/mol. The minimum absolute atomic E-state index is 0.0340. The van der Waals surface area contributed by atoms with E-state index >= 15 is 0 Å². The van der Waals surface area contributed by atoms with Crippen molar-refractivity contribution in [2.24, 2.45) is 0 Å². The summed E-state index contributed by atoms with van der Waals surface area (Å²) in [4.78, 5) is 27.7. The second-order valence-corrected chi connectivity index (χ2v) is 6.78. The molecule has 1 aliphatic rings. The maximum atomic E-state index is 12.7. The predicted molar refractivity (Wildman–Crippen MR) is 96.5 cm³/mol. The number of fused-ring (bicyclic) bond motifs is 2. The van der Waals surface area contributed by atoms with E-state index in [0.29, 0.717) is 24.5 Å². The van der Waals surface area contributed by atoms with Crippen molar-refractivity contribution < 1.29 is 9.53 Å². The number of carbonyl (C=O) groups is 1. The zero-order valence-corrected chi connectivity index (χ0v) is 15.2. The quantitative estimate of drug-likeness (QED) is 0.663. The van der Waals surface area contributed by atoms with Crippen LogP contribution in [0.2, 0.25) is 0 Å². The van der Waals surface area contributed by atoms with Crippen LogP contribution in [0.1, 0.15) is 21.6 Å². The molecule has 25 heavy (non-hydrogen) atoms. The van der Waals surface area contributed by atoms with Crippen LogP contribution in [0, 0.1) is 0 Å². The highest BCUT2D eigenvalue weighted by Gasteiger charge is 2.23. The molecule has 0 radical (unpaired) electrons. The Kier molecular flexibility index (Phi) is 4.09. The lowest BCUT2D eigenvalue weighted by molar-refractivity contribution is 0.0733. The van der Waals surface area contributed by atoms with Crippen LogP contribution in [-0.2, 0) is 13.0 Å². The van der Waals surface area contributed by atoms with Crippen molar-refractivity contribution in [3.8, 4) is 5.88 Å². The van der Waals surface area contributed by atoms with Gasteiger partial charge in [0.05, 0.1) is 12.7 Å². The third-order valence-corrected chi connectivity index (χ3v) is 4.70. The first-order chi connectivity index (χ1) is 12.1. The van der Waals surface area contributed by atoms with E-state index in [0.717, 1.165) is 33.2 Å². The summed E-state index contributed by atoms with van der Waals surface area (Å²) in [5.74, 6) is 0.461. The Morgan fingerprint density at radius 3 is 2.88 bits per heavy atom. The fraction of sp³-hybridized carbons (Fsp3) is 0.222. The van der Waals surface area contributed by atoms with Crippen LogP contribution >= 0.6 is 15.9 Å². The third-order valence-electron chi connectivity index (χ3n) is 4.26. The highest BCUT2D eigenvalue weighted by atomic mass is 79.9. The number of hydrogen-bond acceptors (Lipinski definition) is 5. The van der Waals surface area contributed by atoms with E-state index in [1.807, 2.05) is 11.0 Å². The molecule has 0 spiro atoms. The number of ether oxygens (including phenoxy) is 1. The molecule has 1 amide bonds. The third kappa shape index (κ3) is 3.07. The van der Waals surface area contributed by atoms with Gasteiger partial charge in [0.15, 0.2) is 5.65 Å². The van der Waals surface area contributed by atoms with Crippen molar-refractivity contribution in [3.05, 3.63) is 58.0 Å². The minimum Gasteiger partial charge on any atom is -0.481 e. The molecule has 0 atom stereocenters. The van der Waals surface area contributed by atoms with Crippen LogP contribution in [0.15, 0.2) is 41.1 Å². The van der Waals surface area contributed by atoms with E-state index in [9.17, 15) is 4.79 Å². The summed E-state index contributed by atoms with van der Waals surface area (Å²) in [6.07, 6.45) is 4.02. The number of pyridine rings is 3. The van der Waals surface area contributed by atoms with Crippen LogP contribution in [0.5, 0.6) is 5.88 Å². The second-order valence-electron chi connectivity index (χ2n) is 5.86. The first-order valence-electron chi connectivity index (χ1n) is 7.87. The molecule has 4 heterocycles. The fourth-order valence-corrected chi connectivity index (χ4v) is 3.33. The van der Waals surface area contributed by atoms with Gasteiger partial charge in [-0.1, -0.05) is 0 Å². The van der Waals surface area contributed by atoms with Crippen molar-refractivity contribution in [3.63, 3.8) is 0 Å². The maximum Gasteiger partial charge on any atom is 0.255 e. The Balaban J connectivity index is 1.61. The molecule has 3 aromatic rings. The van der Waals surface area contributed by atoms with E-state index in [2.05, 4.69) is 36.9 Å². The van der Waals surface area contributed by atoms with Gasteiger partial charge in [0, 0.05) is 53.5 Å². The lowest BCUT2D eigenvalue weighted by atomic mass is 10.0. The van der Waals surface area contributed by atoms with E-state index in [1.165, 1.54) is 0 Å². The molecule has 0 unspecified atom stereocenters. The van der Waals surface area contributed by atoms with Gasteiger partial charge in [0.25, 0.3) is 5.91 Å². The lowest BCUT2D eigenvalue weighted by Gasteiger charge is -2.28. The van der Waals surface area contributed by atoms with Crippen LogP contribution in [-0.4, -0.2) is 39.4 Å². The molecule has 126 valence electrons. The zero-order valence-electron chi connectivity index (χ0n) is 13.6. The number of hydrogen-bond donors (Lipinski definition) is 0. The van der Waals surface area contributed by atoms with Gasteiger partial charge in [-0.15, -0.1) is 0 Å². The molecule has 7 heteroatoms.